The minimum atomic E-state index is -4.29. The number of pyridine rings is 1. The standard InChI is InChI=1S/C12H13F3N2O2/c13-12(14,15)4-3-11(18)17-7-10(8-17)19-9-2-1-5-16-6-9/h1-2,5-6,10H,3-4,7-8H2. The van der Waals surface area contributed by atoms with Crippen molar-refractivity contribution in [3.05, 3.63) is 24.5 Å². The molecule has 7 heteroatoms. The van der Waals surface area contributed by atoms with Crippen molar-refractivity contribution in [2.75, 3.05) is 13.1 Å². The lowest BCUT2D eigenvalue weighted by Gasteiger charge is -2.39. The van der Waals surface area contributed by atoms with E-state index in [-0.39, 0.29) is 6.10 Å². The van der Waals surface area contributed by atoms with E-state index in [9.17, 15) is 18.0 Å². The summed E-state index contributed by atoms with van der Waals surface area (Å²) in [7, 11) is 0. The minimum Gasteiger partial charge on any atom is -0.485 e. The molecule has 1 aliphatic rings. The Hall–Kier alpha value is -1.79. The second-order valence-electron chi connectivity index (χ2n) is 4.34. The Morgan fingerprint density at radius 1 is 1.47 bits per heavy atom. The first-order valence-electron chi connectivity index (χ1n) is 5.85. The lowest BCUT2D eigenvalue weighted by Crippen LogP contribution is -2.56. The van der Waals surface area contributed by atoms with Crippen LogP contribution in [0.3, 0.4) is 0 Å². The zero-order valence-electron chi connectivity index (χ0n) is 10.1. The Balaban J connectivity index is 1.70. The number of aromatic nitrogens is 1. The third-order valence-electron chi connectivity index (χ3n) is 2.76. The van der Waals surface area contributed by atoms with E-state index in [1.54, 1.807) is 24.5 Å². The van der Waals surface area contributed by atoms with Crippen molar-refractivity contribution in [1.29, 1.82) is 0 Å². The highest BCUT2D eigenvalue weighted by molar-refractivity contribution is 5.77. The van der Waals surface area contributed by atoms with Gasteiger partial charge in [0.25, 0.3) is 0 Å². The molecule has 2 rings (SSSR count). The van der Waals surface area contributed by atoms with Crippen LogP contribution in [0.25, 0.3) is 0 Å². The number of amides is 1. The van der Waals surface area contributed by atoms with Crippen LogP contribution < -0.4 is 4.74 Å². The summed E-state index contributed by atoms with van der Waals surface area (Å²) in [6.07, 6.45) is -2.86. The quantitative estimate of drug-likeness (QED) is 0.843. The van der Waals surface area contributed by atoms with E-state index in [4.69, 9.17) is 4.74 Å². The summed E-state index contributed by atoms with van der Waals surface area (Å²) in [5.41, 5.74) is 0. The zero-order valence-corrected chi connectivity index (χ0v) is 10.1. The van der Waals surface area contributed by atoms with E-state index in [1.165, 1.54) is 4.90 Å². The molecule has 0 bridgehead atoms. The summed E-state index contributed by atoms with van der Waals surface area (Å²) >= 11 is 0. The molecule has 0 N–H and O–H groups in total. The Labute approximate surface area is 108 Å². The number of likely N-dealkylation sites (tertiary alicyclic amines) is 1. The molecule has 2 heterocycles. The van der Waals surface area contributed by atoms with Gasteiger partial charge in [-0.25, -0.2) is 0 Å². The molecule has 0 aliphatic carbocycles. The van der Waals surface area contributed by atoms with E-state index in [0.717, 1.165) is 0 Å². The highest BCUT2D eigenvalue weighted by Gasteiger charge is 2.35. The number of hydrogen-bond donors (Lipinski definition) is 0. The maximum absolute atomic E-state index is 12.0. The average molecular weight is 274 g/mol. The van der Waals surface area contributed by atoms with Gasteiger partial charge in [-0.15, -0.1) is 0 Å². The van der Waals surface area contributed by atoms with Gasteiger partial charge >= 0.3 is 6.18 Å². The van der Waals surface area contributed by atoms with E-state index >= 15 is 0 Å². The van der Waals surface area contributed by atoms with Crippen LogP contribution in [0.5, 0.6) is 5.75 Å². The van der Waals surface area contributed by atoms with Gasteiger partial charge in [0.2, 0.25) is 5.91 Å². The molecule has 1 aromatic rings. The number of alkyl halides is 3. The molecule has 0 radical (unpaired) electrons. The first-order chi connectivity index (χ1) is 8.94. The van der Waals surface area contributed by atoms with Crippen molar-refractivity contribution >= 4 is 5.91 Å². The maximum Gasteiger partial charge on any atom is 0.389 e. The first kappa shape index (κ1) is 13.6. The Morgan fingerprint density at radius 3 is 2.79 bits per heavy atom. The molecule has 0 saturated carbocycles. The molecule has 0 atom stereocenters. The van der Waals surface area contributed by atoms with Crippen molar-refractivity contribution < 1.29 is 22.7 Å². The van der Waals surface area contributed by atoms with Crippen LogP contribution in [0, 0.1) is 0 Å². The van der Waals surface area contributed by atoms with Crippen molar-refractivity contribution in [3.63, 3.8) is 0 Å². The van der Waals surface area contributed by atoms with Crippen molar-refractivity contribution in [1.82, 2.24) is 9.88 Å². The van der Waals surface area contributed by atoms with E-state index < -0.39 is 24.9 Å². The number of carbonyl (C=O) groups excluding carboxylic acids is 1. The van der Waals surface area contributed by atoms with E-state index in [0.29, 0.717) is 18.8 Å². The van der Waals surface area contributed by atoms with Gasteiger partial charge in [0.15, 0.2) is 0 Å². The largest absolute Gasteiger partial charge is 0.485 e. The second-order valence-corrected chi connectivity index (χ2v) is 4.34. The van der Waals surface area contributed by atoms with Crippen LogP contribution >= 0.6 is 0 Å². The summed E-state index contributed by atoms with van der Waals surface area (Å²) in [5, 5.41) is 0. The third-order valence-corrected chi connectivity index (χ3v) is 2.76. The molecule has 104 valence electrons. The molecule has 0 unspecified atom stereocenters. The normalized spacial score (nSPS) is 16.1. The molecule has 1 saturated heterocycles. The topological polar surface area (TPSA) is 42.4 Å². The van der Waals surface area contributed by atoms with Crippen LogP contribution in [-0.4, -0.2) is 41.2 Å². The smallest absolute Gasteiger partial charge is 0.389 e. The summed E-state index contributed by atoms with van der Waals surface area (Å²) < 4.78 is 41.4. The molecule has 4 nitrogen and oxygen atoms in total. The van der Waals surface area contributed by atoms with Gasteiger partial charge in [-0.3, -0.25) is 9.78 Å². The number of halogens is 3. The molecule has 1 aromatic heterocycles. The summed E-state index contributed by atoms with van der Waals surface area (Å²) in [5.74, 6) is 0.109. The minimum absolute atomic E-state index is 0.168. The molecule has 1 amide bonds. The number of rotatable bonds is 4. The fourth-order valence-electron chi connectivity index (χ4n) is 1.73. The van der Waals surface area contributed by atoms with Gasteiger partial charge in [-0.05, 0) is 12.1 Å². The monoisotopic (exact) mass is 274 g/mol. The molecule has 0 aromatic carbocycles. The third kappa shape index (κ3) is 4.11. The molecular weight excluding hydrogens is 261 g/mol. The fraction of sp³-hybridized carbons (Fsp3) is 0.500. The van der Waals surface area contributed by atoms with Crippen LogP contribution in [-0.2, 0) is 4.79 Å². The van der Waals surface area contributed by atoms with Crippen molar-refractivity contribution in [2.24, 2.45) is 0 Å². The van der Waals surface area contributed by atoms with Gasteiger partial charge in [-0.1, -0.05) is 0 Å². The summed E-state index contributed by atoms with van der Waals surface area (Å²) in [6, 6.07) is 3.46. The van der Waals surface area contributed by atoms with Crippen molar-refractivity contribution in [3.8, 4) is 5.75 Å². The number of carbonyl (C=O) groups is 1. The predicted molar refractivity (Wildman–Crippen MR) is 60.5 cm³/mol. The second kappa shape index (κ2) is 5.46. The highest BCUT2D eigenvalue weighted by Crippen LogP contribution is 2.23. The number of nitrogens with zero attached hydrogens (tertiary/aromatic N) is 2. The van der Waals surface area contributed by atoms with Gasteiger partial charge in [0.1, 0.15) is 11.9 Å². The summed E-state index contributed by atoms with van der Waals surface area (Å²) in [6.45, 7) is 0.650. The first-order valence-corrected chi connectivity index (χ1v) is 5.85. The van der Waals surface area contributed by atoms with E-state index in [1.807, 2.05) is 0 Å². The molecule has 1 fully saturated rings. The van der Waals surface area contributed by atoms with Gasteiger partial charge in [0.05, 0.1) is 25.7 Å². The lowest BCUT2D eigenvalue weighted by atomic mass is 10.1. The highest BCUT2D eigenvalue weighted by atomic mass is 19.4. The number of ether oxygens (including phenoxy) is 1. The zero-order chi connectivity index (χ0) is 13.9. The van der Waals surface area contributed by atoms with Crippen LogP contribution in [0.15, 0.2) is 24.5 Å². The Morgan fingerprint density at radius 2 is 2.21 bits per heavy atom. The molecule has 1 aliphatic heterocycles. The van der Waals surface area contributed by atoms with Crippen LogP contribution in [0.1, 0.15) is 12.8 Å². The van der Waals surface area contributed by atoms with Gasteiger partial charge < -0.3 is 9.64 Å². The lowest BCUT2D eigenvalue weighted by molar-refractivity contribution is -0.154. The Kier molecular flexibility index (Phi) is 3.92. The summed E-state index contributed by atoms with van der Waals surface area (Å²) in [4.78, 5) is 16.7. The van der Waals surface area contributed by atoms with E-state index in [2.05, 4.69) is 4.98 Å². The molecule has 19 heavy (non-hydrogen) atoms. The number of hydrogen-bond acceptors (Lipinski definition) is 3. The SMILES string of the molecule is O=C(CCC(F)(F)F)N1CC(Oc2cccnc2)C1. The fourth-order valence-corrected chi connectivity index (χ4v) is 1.73. The molecule has 0 spiro atoms. The predicted octanol–water partition coefficient (Wildman–Crippen LogP) is 2.01. The van der Waals surface area contributed by atoms with Gasteiger partial charge in [0, 0.05) is 12.6 Å². The van der Waals surface area contributed by atoms with Crippen molar-refractivity contribution in [2.45, 2.75) is 25.1 Å². The van der Waals surface area contributed by atoms with Crippen LogP contribution in [0.2, 0.25) is 0 Å². The average Bonchev–Trinajstić information content (AvgIpc) is 2.31. The van der Waals surface area contributed by atoms with Crippen LogP contribution in [0.4, 0.5) is 13.2 Å². The maximum atomic E-state index is 12.0. The Bertz CT molecular complexity index is 430. The van der Waals surface area contributed by atoms with Gasteiger partial charge in [-0.2, -0.15) is 13.2 Å². The molecular formula is C12H13F3N2O2.